The van der Waals surface area contributed by atoms with Crippen LogP contribution in [0.3, 0.4) is 0 Å². The zero-order valence-corrected chi connectivity index (χ0v) is 15.5. The van der Waals surface area contributed by atoms with Gasteiger partial charge in [0, 0.05) is 12.1 Å². The molecular formula is C16H14ClN3O6S. The molecule has 9 nitrogen and oxygen atoms in total. The van der Waals surface area contributed by atoms with Crippen molar-refractivity contribution in [2.45, 2.75) is 6.10 Å². The molecular weight excluding hydrogens is 398 g/mol. The van der Waals surface area contributed by atoms with E-state index in [1.807, 2.05) is 0 Å². The molecule has 2 aromatic rings. The number of hydrogen-bond donors (Lipinski definition) is 1. The molecule has 1 N–H and O–H groups in total. The van der Waals surface area contributed by atoms with Gasteiger partial charge in [0.15, 0.2) is 6.10 Å². The second-order valence-electron chi connectivity index (χ2n) is 5.78. The second-order valence-corrected chi connectivity index (χ2v) is 8.09. The number of anilines is 2. The third-order valence-electron chi connectivity index (χ3n) is 3.85. The number of benzene rings is 2. The predicted octanol–water partition coefficient (Wildman–Crippen LogP) is 2.41. The first-order valence-corrected chi connectivity index (χ1v) is 9.87. The number of carbonyl (C=O) groups excluding carboxylic acids is 1. The monoisotopic (exact) mass is 411 g/mol. The summed E-state index contributed by atoms with van der Waals surface area (Å²) < 4.78 is 30.9. The van der Waals surface area contributed by atoms with Crippen molar-refractivity contribution in [3.8, 4) is 5.75 Å². The highest BCUT2D eigenvalue weighted by atomic mass is 35.5. The molecule has 0 spiro atoms. The van der Waals surface area contributed by atoms with Gasteiger partial charge in [0.1, 0.15) is 5.75 Å². The van der Waals surface area contributed by atoms with Gasteiger partial charge in [0.05, 0.1) is 34.1 Å². The molecule has 1 amide bonds. The number of amides is 1. The molecule has 3 rings (SSSR count). The summed E-state index contributed by atoms with van der Waals surface area (Å²) in [5.41, 5.74) is 0.115. The van der Waals surface area contributed by atoms with Crippen molar-refractivity contribution in [2.24, 2.45) is 0 Å². The van der Waals surface area contributed by atoms with Crippen LogP contribution in [0.1, 0.15) is 0 Å². The van der Waals surface area contributed by atoms with E-state index >= 15 is 0 Å². The van der Waals surface area contributed by atoms with Gasteiger partial charge in [0.2, 0.25) is 10.0 Å². The molecule has 0 aliphatic carbocycles. The van der Waals surface area contributed by atoms with Gasteiger partial charge < -0.3 is 10.1 Å². The first kappa shape index (κ1) is 18.9. The molecule has 0 fully saturated rings. The Bertz CT molecular complexity index is 1030. The number of rotatable bonds is 4. The van der Waals surface area contributed by atoms with Crippen LogP contribution in [0, 0.1) is 10.1 Å². The smallest absolute Gasteiger partial charge is 0.271 e. The van der Waals surface area contributed by atoms with Gasteiger partial charge in [-0.05, 0) is 18.2 Å². The van der Waals surface area contributed by atoms with Crippen molar-refractivity contribution in [1.82, 2.24) is 0 Å². The van der Waals surface area contributed by atoms with E-state index in [1.165, 1.54) is 12.1 Å². The van der Waals surface area contributed by atoms with Crippen LogP contribution in [0.5, 0.6) is 5.75 Å². The van der Waals surface area contributed by atoms with Gasteiger partial charge in [-0.1, -0.05) is 23.7 Å². The Labute approximate surface area is 159 Å². The van der Waals surface area contributed by atoms with Crippen molar-refractivity contribution in [1.29, 1.82) is 0 Å². The van der Waals surface area contributed by atoms with Crippen molar-refractivity contribution >= 4 is 44.6 Å². The number of para-hydroxylation sites is 2. The number of nitrogens with zero attached hydrogens (tertiary/aromatic N) is 2. The van der Waals surface area contributed by atoms with Crippen molar-refractivity contribution in [3.05, 3.63) is 57.6 Å². The summed E-state index contributed by atoms with van der Waals surface area (Å²) in [6.07, 6.45) is -0.133. The Hall–Kier alpha value is -2.85. The Morgan fingerprint density at radius 1 is 1.33 bits per heavy atom. The highest BCUT2D eigenvalue weighted by Gasteiger charge is 2.35. The highest BCUT2D eigenvalue weighted by molar-refractivity contribution is 7.92. The molecule has 0 saturated carbocycles. The average Bonchev–Trinajstić information content (AvgIpc) is 2.61. The minimum absolute atomic E-state index is 0.0317. The standard InChI is InChI=1S/C16H14ClN3O6S/c1-27(24,25)19-9-15(26-14-5-3-2-4-13(14)19)16(21)18-12-8-10(20(22)23)6-7-11(12)17/h2-8,15H,9H2,1H3,(H,18,21)/t15-/m1/s1. The predicted molar refractivity (Wildman–Crippen MR) is 99.8 cm³/mol. The quantitative estimate of drug-likeness (QED) is 0.609. The van der Waals surface area contributed by atoms with Gasteiger partial charge in [-0.15, -0.1) is 0 Å². The SMILES string of the molecule is CS(=O)(=O)N1C[C@H](C(=O)Nc2cc([N+](=O)[O-])ccc2Cl)Oc2ccccc21. The molecule has 0 bridgehead atoms. The lowest BCUT2D eigenvalue weighted by Gasteiger charge is -2.33. The first-order valence-electron chi connectivity index (χ1n) is 7.65. The Kier molecular flexibility index (Phi) is 4.94. The molecule has 0 unspecified atom stereocenters. The molecule has 11 heteroatoms. The molecule has 1 aliphatic rings. The maximum atomic E-state index is 12.6. The van der Waals surface area contributed by atoms with E-state index < -0.39 is 27.0 Å². The summed E-state index contributed by atoms with van der Waals surface area (Å²) in [6.45, 7) is -0.242. The van der Waals surface area contributed by atoms with Crippen LogP contribution >= 0.6 is 11.6 Å². The number of nitro benzene ring substituents is 1. The van der Waals surface area contributed by atoms with Crippen molar-refractivity contribution in [3.63, 3.8) is 0 Å². The van der Waals surface area contributed by atoms with E-state index in [4.69, 9.17) is 16.3 Å². The Morgan fingerprint density at radius 3 is 2.70 bits per heavy atom. The average molecular weight is 412 g/mol. The lowest BCUT2D eigenvalue weighted by Crippen LogP contribution is -2.48. The summed E-state index contributed by atoms with van der Waals surface area (Å²) in [5, 5.41) is 13.5. The highest BCUT2D eigenvalue weighted by Crippen LogP contribution is 2.35. The van der Waals surface area contributed by atoms with Gasteiger partial charge in [-0.25, -0.2) is 8.42 Å². The molecule has 142 valence electrons. The second kappa shape index (κ2) is 7.05. The van der Waals surface area contributed by atoms with E-state index in [9.17, 15) is 23.3 Å². The number of nitrogens with one attached hydrogen (secondary N) is 1. The summed E-state index contributed by atoms with van der Waals surface area (Å²) in [6, 6.07) is 10.0. The van der Waals surface area contributed by atoms with Crippen LogP contribution in [-0.2, 0) is 14.8 Å². The summed E-state index contributed by atoms with van der Waals surface area (Å²) in [4.78, 5) is 22.9. The number of nitro groups is 1. The fraction of sp³-hybridized carbons (Fsp3) is 0.188. The van der Waals surface area contributed by atoms with Crippen LogP contribution in [0.2, 0.25) is 5.02 Å². The number of halogens is 1. The third-order valence-corrected chi connectivity index (χ3v) is 5.32. The number of non-ortho nitro benzene ring substituents is 1. The number of sulfonamides is 1. The Balaban J connectivity index is 1.88. The molecule has 1 heterocycles. The topological polar surface area (TPSA) is 119 Å². The molecule has 0 radical (unpaired) electrons. The van der Waals surface area contributed by atoms with E-state index in [2.05, 4.69) is 5.32 Å². The van der Waals surface area contributed by atoms with Crippen molar-refractivity contribution < 1.29 is 22.9 Å². The van der Waals surface area contributed by atoms with Crippen LogP contribution in [0.25, 0.3) is 0 Å². The molecule has 0 aromatic heterocycles. The fourth-order valence-corrected chi connectivity index (χ4v) is 3.67. The van der Waals surface area contributed by atoms with Crippen molar-refractivity contribution in [2.75, 3.05) is 22.4 Å². The zero-order chi connectivity index (χ0) is 19.8. The van der Waals surface area contributed by atoms with E-state index in [1.54, 1.807) is 24.3 Å². The molecule has 2 aromatic carbocycles. The minimum Gasteiger partial charge on any atom is -0.476 e. The van der Waals surface area contributed by atoms with Crippen LogP contribution < -0.4 is 14.4 Å². The number of hydrogen-bond acceptors (Lipinski definition) is 6. The van der Waals surface area contributed by atoms with E-state index in [-0.39, 0.29) is 28.7 Å². The first-order chi connectivity index (χ1) is 12.7. The van der Waals surface area contributed by atoms with Crippen LogP contribution in [-0.4, -0.2) is 38.2 Å². The van der Waals surface area contributed by atoms with Crippen LogP contribution in [0.15, 0.2) is 42.5 Å². The van der Waals surface area contributed by atoms with Crippen LogP contribution in [0.4, 0.5) is 17.1 Å². The Morgan fingerprint density at radius 2 is 2.04 bits per heavy atom. The lowest BCUT2D eigenvalue weighted by atomic mass is 10.2. The largest absolute Gasteiger partial charge is 0.476 e. The number of ether oxygens (including phenoxy) is 1. The summed E-state index contributed by atoms with van der Waals surface area (Å²) in [5.74, 6) is -0.444. The molecule has 0 saturated heterocycles. The van der Waals surface area contributed by atoms with E-state index in [0.717, 1.165) is 16.6 Å². The maximum absolute atomic E-state index is 12.6. The zero-order valence-electron chi connectivity index (χ0n) is 14.0. The van der Waals surface area contributed by atoms with E-state index in [0.29, 0.717) is 5.69 Å². The number of carbonyl (C=O) groups is 1. The molecule has 1 atom stereocenters. The minimum atomic E-state index is -3.65. The van der Waals surface area contributed by atoms with Gasteiger partial charge in [0.25, 0.3) is 11.6 Å². The lowest BCUT2D eigenvalue weighted by molar-refractivity contribution is -0.384. The molecule has 27 heavy (non-hydrogen) atoms. The van der Waals surface area contributed by atoms with Gasteiger partial charge >= 0.3 is 0 Å². The number of fused-ring (bicyclic) bond motifs is 1. The van der Waals surface area contributed by atoms with Gasteiger partial charge in [-0.3, -0.25) is 19.2 Å². The summed E-state index contributed by atoms with van der Waals surface area (Å²) in [7, 11) is -3.65. The summed E-state index contributed by atoms with van der Waals surface area (Å²) >= 11 is 5.98. The third kappa shape index (κ3) is 3.96. The molecule has 1 aliphatic heterocycles. The maximum Gasteiger partial charge on any atom is 0.271 e. The fourth-order valence-electron chi connectivity index (χ4n) is 2.59. The van der Waals surface area contributed by atoms with Gasteiger partial charge in [-0.2, -0.15) is 0 Å². The normalized spacial score (nSPS) is 16.2.